The van der Waals surface area contributed by atoms with Crippen molar-refractivity contribution in [1.82, 2.24) is 0 Å². The number of amides is 1. The minimum absolute atomic E-state index is 0.241. The summed E-state index contributed by atoms with van der Waals surface area (Å²) in [7, 11) is 4.46. The van der Waals surface area contributed by atoms with Crippen LogP contribution in [-0.4, -0.2) is 50.9 Å². The van der Waals surface area contributed by atoms with Crippen molar-refractivity contribution in [2.75, 3.05) is 31.5 Å². The van der Waals surface area contributed by atoms with E-state index in [0.29, 0.717) is 34.1 Å². The van der Waals surface area contributed by atoms with Crippen LogP contribution in [0.2, 0.25) is 0 Å². The van der Waals surface area contributed by atoms with Gasteiger partial charge in [-0.05, 0) is 42.3 Å². The Labute approximate surface area is 261 Å². The zero-order chi connectivity index (χ0) is 31.5. The molecule has 1 spiro atoms. The van der Waals surface area contributed by atoms with Gasteiger partial charge in [0.25, 0.3) is 0 Å². The number of hydrogen-bond donors (Lipinski definition) is 1. The molecule has 0 aromatic heterocycles. The lowest BCUT2D eigenvalue weighted by Crippen LogP contribution is -2.51. The third-order valence-electron chi connectivity index (χ3n) is 9.44. The highest BCUT2D eigenvalue weighted by atomic mass is 16.5. The average molecular weight is 601 g/mol. The number of hydrogen-bond acceptors (Lipinski definition) is 7. The van der Waals surface area contributed by atoms with E-state index in [1.54, 1.807) is 36.4 Å². The van der Waals surface area contributed by atoms with Crippen LogP contribution >= 0.6 is 0 Å². The first kappa shape index (κ1) is 28.4. The summed E-state index contributed by atoms with van der Waals surface area (Å²) in [5, 5.41) is 3.07. The first-order chi connectivity index (χ1) is 21.9. The molecule has 3 aliphatic heterocycles. The molecule has 0 aliphatic carbocycles. The number of ether oxygens (including phenoxy) is 3. The lowest BCUT2D eigenvalue weighted by molar-refractivity contribution is -0.121. The molecule has 4 unspecified atom stereocenters. The Bertz CT molecular complexity index is 1880. The van der Waals surface area contributed by atoms with Crippen molar-refractivity contribution in [3.63, 3.8) is 0 Å². The Morgan fingerprint density at radius 2 is 1.42 bits per heavy atom. The second-order valence-corrected chi connectivity index (χ2v) is 11.5. The molecule has 1 fully saturated rings. The Morgan fingerprint density at radius 3 is 2.11 bits per heavy atom. The number of anilines is 2. The van der Waals surface area contributed by atoms with Gasteiger partial charge >= 0.3 is 0 Å². The predicted octanol–water partition coefficient (Wildman–Crippen LogP) is 5.96. The maximum Gasteiger partial charge on any atom is 0.238 e. The first-order valence-corrected chi connectivity index (χ1v) is 14.8. The van der Waals surface area contributed by atoms with E-state index in [1.165, 1.54) is 21.3 Å². The van der Waals surface area contributed by atoms with Gasteiger partial charge in [0.2, 0.25) is 11.7 Å². The van der Waals surface area contributed by atoms with Crippen molar-refractivity contribution >= 4 is 34.4 Å². The second-order valence-electron chi connectivity index (χ2n) is 11.5. The molecule has 4 aromatic rings. The second kappa shape index (κ2) is 10.7. The van der Waals surface area contributed by atoms with Crippen LogP contribution in [0.1, 0.15) is 38.8 Å². The molecule has 1 N–H and O–H groups in total. The molecule has 8 nitrogen and oxygen atoms in total. The summed E-state index contributed by atoms with van der Waals surface area (Å²) in [6.45, 7) is 2.00. The Balaban J connectivity index is 1.55. The molecular weight excluding hydrogens is 568 g/mol. The monoisotopic (exact) mass is 600 g/mol. The van der Waals surface area contributed by atoms with Crippen molar-refractivity contribution < 1.29 is 28.6 Å². The van der Waals surface area contributed by atoms with Crippen LogP contribution in [0.5, 0.6) is 17.2 Å². The highest BCUT2D eigenvalue weighted by Gasteiger charge is 2.70. The number of rotatable bonds is 7. The van der Waals surface area contributed by atoms with Gasteiger partial charge in [0.05, 0.1) is 33.3 Å². The number of fused-ring (bicyclic) bond motifs is 6. The van der Waals surface area contributed by atoms with Crippen LogP contribution in [0.3, 0.4) is 0 Å². The van der Waals surface area contributed by atoms with E-state index in [9.17, 15) is 9.59 Å². The number of para-hydroxylation sites is 2. The molecule has 1 amide bonds. The SMILES string of the molecule is COc1cc(C(=O)C2C(C(=O)c3ccccc3)N3c4ccccc4C(C)=CC3C23C(=O)Nc2ccccc23)cc(OC)c1OC. The van der Waals surface area contributed by atoms with Gasteiger partial charge in [0.1, 0.15) is 11.5 Å². The summed E-state index contributed by atoms with van der Waals surface area (Å²) in [6, 6.07) is 25.8. The van der Waals surface area contributed by atoms with Gasteiger partial charge in [0.15, 0.2) is 23.1 Å². The van der Waals surface area contributed by atoms with Crippen molar-refractivity contribution in [3.8, 4) is 17.2 Å². The number of carbonyl (C=O) groups is 3. The summed E-state index contributed by atoms with van der Waals surface area (Å²) in [4.78, 5) is 46.7. The molecule has 226 valence electrons. The van der Waals surface area contributed by atoms with E-state index in [1.807, 2.05) is 72.5 Å². The van der Waals surface area contributed by atoms with Gasteiger partial charge in [-0.25, -0.2) is 0 Å². The molecule has 3 heterocycles. The lowest BCUT2D eigenvalue weighted by Gasteiger charge is -2.39. The van der Waals surface area contributed by atoms with E-state index >= 15 is 4.79 Å². The van der Waals surface area contributed by atoms with Gasteiger partial charge in [-0.15, -0.1) is 0 Å². The summed E-state index contributed by atoms with van der Waals surface area (Å²) >= 11 is 0. The number of methoxy groups -OCH3 is 3. The van der Waals surface area contributed by atoms with Crippen LogP contribution in [0.25, 0.3) is 5.57 Å². The number of Topliss-reactive ketones (excluding diaryl/α,β-unsaturated/α-hetero) is 2. The Kier molecular flexibility index (Phi) is 6.73. The van der Waals surface area contributed by atoms with Crippen LogP contribution in [0, 0.1) is 5.92 Å². The molecule has 0 radical (unpaired) electrons. The van der Waals surface area contributed by atoms with Crippen LogP contribution in [-0.2, 0) is 10.2 Å². The standard InChI is InChI=1S/C37H32N2O6/c1-21-18-30-37(25-15-9-10-16-26(25)38-36(37)42)31(33(40)23-19-28(43-2)35(45-4)29(20-23)44-3)32(34(41)22-12-6-5-7-13-22)39(30)27-17-11-8-14-24(21)27/h5-20,30-32H,1-4H3,(H,38,42). The molecule has 1 saturated heterocycles. The van der Waals surface area contributed by atoms with E-state index in [2.05, 4.69) is 5.32 Å². The van der Waals surface area contributed by atoms with Gasteiger partial charge in [-0.3, -0.25) is 14.4 Å². The smallest absolute Gasteiger partial charge is 0.238 e. The summed E-state index contributed by atoms with van der Waals surface area (Å²) in [5.41, 5.74) is 3.29. The van der Waals surface area contributed by atoms with Gasteiger partial charge in [-0.2, -0.15) is 0 Å². The maximum absolute atomic E-state index is 15.3. The zero-order valence-corrected chi connectivity index (χ0v) is 25.4. The molecular formula is C37H32N2O6. The molecule has 8 heteroatoms. The highest BCUT2D eigenvalue weighted by molar-refractivity contribution is 6.18. The Morgan fingerprint density at radius 1 is 0.778 bits per heavy atom. The predicted molar refractivity (Wildman–Crippen MR) is 172 cm³/mol. The summed E-state index contributed by atoms with van der Waals surface area (Å²) < 4.78 is 16.7. The van der Waals surface area contributed by atoms with Crippen molar-refractivity contribution in [1.29, 1.82) is 0 Å². The van der Waals surface area contributed by atoms with Gasteiger partial charge in [0, 0.05) is 28.1 Å². The molecule has 0 bridgehead atoms. The summed E-state index contributed by atoms with van der Waals surface area (Å²) in [5.74, 6) is -1.14. The van der Waals surface area contributed by atoms with Gasteiger partial charge < -0.3 is 24.4 Å². The fourth-order valence-corrected chi connectivity index (χ4v) is 7.56. The third-order valence-corrected chi connectivity index (χ3v) is 9.44. The van der Waals surface area contributed by atoms with Crippen molar-refractivity contribution in [2.45, 2.75) is 24.4 Å². The van der Waals surface area contributed by atoms with Crippen molar-refractivity contribution in [2.24, 2.45) is 5.92 Å². The molecule has 45 heavy (non-hydrogen) atoms. The third kappa shape index (κ3) is 3.94. The first-order valence-electron chi connectivity index (χ1n) is 14.8. The fourth-order valence-electron chi connectivity index (χ4n) is 7.56. The zero-order valence-electron chi connectivity index (χ0n) is 25.4. The summed E-state index contributed by atoms with van der Waals surface area (Å²) in [6.07, 6.45) is 2.04. The topological polar surface area (TPSA) is 94.2 Å². The average Bonchev–Trinajstić information content (AvgIpc) is 3.55. The molecule has 4 aromatic carbocycles. The van der Waals surface area contributed by atoms with E-state index in [0.717, 1.165) is 16.8 Å². The molecule has 7 rings (SSSR count). The number of allylic oxidation sites excluding steroid dienone is 1. The van der Waals surface area contributed by atoms with E-state index in [4.69, 9.17) is 14.2 Å². The quantitative estimate of drug-likeness (QED) is 0.262. The lowest BCUT2D eigenvalue weighted by atomic mass is 9.64. The molecule has 0 saturated carbocycles. The number of nitrogens with zero attached hydrogens (tertiary/aromatic N) is 1. The minimum atomic E-state index is -1.43. The largest absolute Gasteiger partial charge is 0.493 e. The van der Waals surface area contributed by atoms with E-state index in [-0.39, 0.29) is 23.0 Å². The number of nitrogens with one attached hydrogen (secondary N) is 1. The van der Waals surface area contributed by atoms with Crippen LogP contribution < -0.4 is 24.4 Å². The molecule has 3 aliphatic rings. The number of carbonyl (C=O) groups excluding carboxylic acids is 3. The molecule has 4 atom stereocenters. The fraction of sp³-hybridized carbons (Fsp3) is 0.216. The van der Waals surface area contributed by atoms with E-state index < -0.39 is 23.4 Å². The van der Waals surface area contributed by atoms with Crippen molar-refractivity contribution in [3.05, 3.63) is 119 Å². The maximum atomic E-state index is 15.3. The van der Waals surface area contributed by atoms with Crippen LogP contribution in [0.15, 0.2) is 97.1 Å². The van der Waals surface area contributed by atoms with Gasteiger partial charge in [-0.1, -0.05) is 72.8 Å². The highest BCUT2D eigenvalue weighted by Crippen LogP contribution is 2.59. The van der Waals surface area contributed by atoms with Crippen LogP contribution in [0.4, 0.5) is 11.4 Å². The number of benzene rings is 4. The minimum Gasteiger partial charge on any atom is -0.493 e. The Hall–Kier alpha value is -5.37. The normalized spacial score (nSPS) is 22.6. The number of ketones is 2.